The van der Waals surface area contributed by atoms with Crippen LogP contribution in [-0.2, 0) is 16.1 Å². The topological polar surface area (TPSA) is 76.1 Å². The number of hydrogen-bond donors (Lipinski definition) is 2. The number of nitrogens with one attached hydrogen (secondary N) is 2. The summed E-state index contributed by atoms with van der Waals surface area (Å²) in [7, 11) is 1.60. The van der Waals surface area contributed by atoms with Crippen molar-refractivity contribution < 1.29 is 9.53 Å². The van der Waals surface area contributed by atoms with E-state index in [-0.39, 0.29) is 5.91 Å². The maximum Gasteiger partial charge on any atom is 0.252 e. The monoisotopic (exact) mass is 332 g/mol. The number of nitrogens with zero attached hydrogens (tertiary/aromatic N) is 2. The molecule has 0 radical (unpaired) electrons. The van der Waals surface area contributed by atoms with Crippen molar-refractivity contribution in [2.45, 2.75) is 25.0 Å². The molecular formula is C16H20N4O2S. The summed E-state index contributed by atoms with van der Waals surface area (Å²) in [5.41, 5.74) is 0.312. The molecule has 0 aliphatic carbocycles. The van der Waals surface area contributed by atoms with Gasteiger partial charge in [-0.2, -0.15) is 0 Å². The minimum Gasteiger partial charge on any atom is -0.368 e. The number of rotatable bonds is 5. The fourth-order valence-electron chi connectivity index (χ4n) is 2.69. The van der Waals surface area contributed by atoms with Gasteiger partial charge in [0.1, 0.15) is 15.6 Å². The Hall–Kier alpha value is -1.83. The molecule has 23 heavy (non-hydrogen) atoms. The van der Waals surface area contributed by atoms with Crippen LogP contribution in [0.25, 0.3) is 10.6 Å². The van der Waals surface area contributed by atoms with Gasteiger partial charge in [0.25, 0.3) is 5.91 Å². The van der Waals surface area contributed by atoms with Crippen molar-refractivity contribution in [1.82, 2.24) is 20.8 Å². The zero-order valence-corrected chi connectivity index (χ0v) is 13.9. The number of ether oxygens (including phenoxy) is 1. The number of piperidine rings is 1. The normalized spacial score (nSPS) is 16.9. The molecule has 0 saturated carbocycles. The van der Waals surface area contributed by atoms with Crippen LogP contribution in [0.2, 0.25) is 0 Å². The van der Waals surface area contributed by atoms with Gasteiger partial charge in [0, 0.05) is 12.7 Å². The van der Waals surface area contributed by atoms with Crippen LogP contribution < -0.4 is 10.6 Å². The highest BCUT2D eigenvalue weighted by Crippen LogP contribution is 2.24. The lowest BCUT2D eigenvalue weighted by Crippen LogP contribution is -2.53. The highest BCUT2D eigenvalue weighted by Gasteiger charge is 2.39. The Morgan fingerprint density at radius 3 is 2.74 bits per heavy atom. The largest absolute Gasteiger partial charge is 0.368 e. The average molecular weight is 332 g/mol. The summed E-state index contributed by atoms with van der Waals surface area (Å²) >= 11 is 1.49. The van der Waals surface area contributed by atoms with Crippen LogP contribution in [0.3, 0.4) is 0 Å². The van der Waals surface area contributed by atoms with Gasteiger partial charge in [-0.3, -0.25) is 4.79 Å². The first-order valence-corrected chi connectivity index (χ1v) is 8.47. The molecule has 1 aliphatic rings. The van der Waals surface area contributed by atoms with E-state index in [2.05, 4.69) is 20.8 Å². The third kappa shape index (κ3) is 3.57. The van der Waals surface area contributed by atoms with Gasteiger partial charge in [-0.05, 0) is 25.9 Å². The maximum absolute atomic E-state index is 12.5. The van der Waals surface area contributed by atoms with Gasteiger partial charge in [-0.1, -0.05) is 41.7 Å². The van der Waals surface area contributed by atoms with E-state index < -0.39 is 5.60 Å². The number of amides is 1. The summed E-state index contributed by atoms with van der Waals surface area (Å²) in [6.45, 7) is 1.96. The van der Waals surface area contributed by atoms with Crippen molar-refractivity contribution in [3.8, 4) is 10.6 Å². The molecule has 0 bridgehead atoms. The van der Waals surface area contributed by atoms with Crippen LogP contribution in [0.15, 0.2) is 30.3 Å². The predicted molar refractivity (Wildman–Crippen MR) is 89.0 cm³/mol. The number of methoxy groups -OCH3 is 1. The van der Waals surface area contributed by atoms with Gasteiger partial charge in [-0.25, -0.2) is 0 Å². The second-order valence-electron chi connectivity index (χ2n) is 5.50. The van der Waals surface area contributed by atoms with Gasteiger partial charge in [0.05, 0.1) is 6.54 Å². The first-order chi connectivity index (χ1) is 11.2. The fraction of sp³-hybridized carbons (Fsp3) is 0.438. The van der Waals surface area contributed by atoms with Crippen LogP contribution in [0, 0.1) is 0 Å². The van der Waals surface area contributed by atoms with E-state index in [1.807, 2.05) is 30.3 Å². The summed E-state index contributed by atoms with van der Waals surface area (Å²) < 4.78 is 5.52. The summed E-state index contributed by atoms with van der Waals surface area (Å²) in [5.74, 6) is -0.0713. The van der Waals surface area contributed by atoms with Crippen molar-refractivity contribution in [2.75, 3.05) is 20.2 Å². The fourth-order valence-corrected chi connectivity index (χ4v) is 3.48. The predicted octanol–water partition coefficient (Wildman–Crippen LogP) is 1.59. The van der Waals surface area contributed by atoms with Gasteiger partial charge >= 0.3 is 0 Å². The van der Waals surface area contributed by atoms with Gasteiger partial charge in [-0.15, -0.1) is 10.2 Å². The van der Waals surface area contributed by atoms with Crippen LogP contribution in [-0.4, -0.2) is 41.9 Å². The third-order valence-corrected chi connectivity index (χ3v) is 5.08. The zero-order chi connectivity index (χ0) is 16.1. The molecule has 3 rings (SSSR count). The number of hydrogen-bond acceptors (Lipinski definition) is 6. The lowest BCUT2D eigenvalue weighted by molar-refractivity contribution is -0.146. The second kappa shape index (κ2) is 7.16. The quantitative estimate of drug-likeness (QED) is 0.869. The highest BCUT2D eigenvalue weighted by atomic mass is 32.1. The molecule has 0 spiro atoms. The molecule has 122 valence electrons. The summed E-state index contributed by atoms with van der Waals surface area (Å²) in [5, 5.41) is 16.2. The molecule has 1 aliphatic heterocycles. The average Bonchev–Trinajstić information content (AvgIpc) is 3.10. The summed E-state index contributed by atoms with van der Waals surface area (Å²) in [4.78, 5) is 12.5. The van der Waals surface area contributed by atoms with E-state index in [0.29, 0.717) is 19.4 Å². The standard InChI is InChI=1S/C16H20N4O2S/c1-22-16(7-9-17-10-8-16)15(21)18-11-13-19-20-14(23-13)12-5-3-2-4-6-12/h2-6,17H,7-11H2,1H3,(H,18,21). The van der Waals surface area contributed by atoms with Crippen LogP contribution in [0.1, 0.15) is 17.8 Å². The summed E-state index contributed by atoms with van der Waals surface area (Å²) in [6, 6.07) is 9.90. The van der Waals surface area contributed by atoms with Crippen molar-refractivity contribution in [2.24, 2.45) is 0 Å². The molecule has 1 aromatic carbocycles. The molecule has 1 amide bonds. The molecule has 6 nitrogen and oxygen atoms in total. The first kappa shape index (κ1) is 16.0. The van der Waals surface area contributed by atoms with Gasteiger partial charge < -0.3 is 15.4 Å². The van der Waals surface area contributed by atoms with E-state index in [4.69, 9.17) is 4.74 Å². The molecule has 2 N–H and O–H groups in total. The smallest absolute Gasteiger partial charge is 0.252 e. The zero-order valence-electron chi connectivity index (χ0n) is 13.0. The minimum atomic E-state index is -0.724. The van der Waals surface area contributed by atoms with Crippen molar-refractivity contribution in [3.63, 3.8) is 0 Å². The Kier molecular flexibility index (Phi) is 5.00. The van der Waals surface area contributed by atoms with E-state index >= 15 is 0 Å². The molecule has 7 heteroatoms. The van der Waals surface area contributed by atoms with Crippen LogP contribution in [0.4, 0.5) is 0 Å². The number of aromatic nitrogens is 2. The van der Waals surface area contributed by atoms with E-state index in [0.717, 1.165) is 28.7 Å². The SMILES string of the molecule is COC1(C(=O)NCc2nnc(-c3ccccc3)s2)CCNCC1. The number of benzene rings is 1. The van der Waals surface area contributed by atoms with Crippen molar-refractivity contribution in [1.29, 1.82) is 0 Å². The lowest BCUT2D eigenvalue weighted by atomic mass is 9.91. The second-order valence-corrected chi connectivity index (χ2v) is 6.56. The number of carbonyl (C=O) groups excluding carboxylic acids is 1. The van der Waals surface area contributed by atoms with E-state index in [9.17, 15) is 4.79 Å². The van der Waals surface area contributed by atoms with Crippen molar-refractivity contribution >= 4 is 17.2 Å². The van der Waals surface area contributed by atoms with E-state index in [1.54, 1.807) is 7.11 Å². The number of carbonyl (C=O) groups is 1. The lowest BCUT2D eigenvalue weighted by Gasteiger charge is -2.34. The van der Waals surface area contributed by atoms with E-state index in [1.165, 1.54) is 11.3 Å². The maximum atomic E-state index is 12.5. The molecular weight excluding hydrogens is 312 g/mol. The van der Waals surface area contributed by atoms with Crippen LogP contribution >= 0.6 is 11.3 Å². The Morgan fingerprint density at radius 1 is 1.30 bits per heavy atom. The highest BCUT2D eigenvalue weighted by molar-refractivity contribution is 7.14. The molecule has 0 atom stereocenters. The molecule has 1 saturated heterocycles. The van der Waals surface area contributed by atoms with Gasteiger partial charge in [0.2, 0.25) is 0 Å². The Balaban J connectivity index is 1.62. The van der Waals surface area contributed by atoms with Crippen molar-refractivity contribution in [3.05, 3.63) is 35.3 Å². The first-order valence-electron chi connectivity index (χ1n) is 7.65. The van der Waals surface area contributed by atoms with Gasteiger partial charge in [0.15, 0.2) is 0 Å². The minimum absolute atomic E-state index is 0.0713. The molecule has 2 heterocycles. The Labute approximate surface area is 139 Å². The third-order valence-electron chi connectivity index (χ3n) is 4.10. The Bertz CT molecular complexity index is 653. The Morgan fingerprint density at radius 2 is 2.04 bits per heavy atom. The molecule has 1 aromatic heterocycles. The summed E-state index contributed by atoms with van der Waals surface area (Å²) in [6.07, 6.45) is 1.36. The molecule has 2 aromatic rings. The molecule has 0 unspecified atom stereocenters. The van der Waals surface area contributed by atoms with Crippen LogP contribution in [0.5, 0.6) is 0 Å². The molecule has 1 fully saturated rings.